The topological polar surface area (TPSA) is 93.9 Å². The molecule has 0 atom stereocenters. The van der Waals surface area contributed by atoms with Gasteiger partial charge < -0.3 is 24.1 Å². The maximum Gasteiger partial charge on any atom is 0.273 e. The Bertz CT molecular complexity index is 742. The molecular weight excluding hydrogens is 350 g/mol. The number of hydrogen-bond donors (Lipinski definition) is 1. The van der Waals surface area contributed by atoms with Crippen molar-refractivity contribution in [3.8, 4) is 0 Å². The summed E-state index contributed by atoms with van der Waals surface area (Å²) in [6.45, 7) is 3.64. The zero-order chi connectivity index (χ0) is 19.6. The van der Waals surface area contributed by atoms with E-state index in [9.17, 15) is 9.59 Å². The van der Waals surface area contributed by atoms with Crippen LogP contribution in [0, 0.1) is 6.92 Å². The quantitative estimate of drug-likeness (QED) is 0.635. The maximum atomic E-state index is 12.8. The van der Waals surface area contributed by atoms with Gasteiger partial charge in [-0.2, -0.15) is 0 Å². The molecule has 1 aromatic heterocycles. The fraction of sp³-hybridized carbons (Fsp3) is 0.421. The smallest absolute Gasteiger partial charge is 0.273 e. The Balaban J connectivity index is 2.06. The fourth-order valence-corrected chi connectivity index (χ4v) is 2.34. The minimum Gasteiger partial charge on any atom is -0.446 e. The van der Waals surface area contributed by atoms with Crippen molar-refractivity contribution >= 4 is 11.8 Å². The number of ether oxygens (including phenoxy) is 2. The van der Waals surface area contributed by atoms with Gasteiger partial charge in [0.15, 0.2) is 5.69 Å². The van der Waals surface area contributed by atoms with E-state index in [1.807, 2.05) is 19.1 Å². The second-order valence-corrected chi connectivity index (χ2v) is 5.96. The predicted octanol–water partition coefficient (Wildman–Crippen LogP) is 1.65. The molecule has 27 heavy (non-hydrogen) atoms. The van der Waals surface area contributed by atoms with Crippen LogP contribution >= 0.6 is 0 Å². The highest BCUT2D eigenvalue weighted by Gasteiger charge is 2.19. The van der Waals surface area contributed by atoms with E-state index < -0.39 is 0 Å². The number of carbonyl (C=O) groups is 2. The van der Waals surface area contributed by atoms with E-state index in [1.165, 1.54) is 6.26 Å². The number of aryl methyl sites for hydroxylation is 1. The van der Waals surface area contributed by atoms with Gasteiger partial charge in [-0.05, 0) is 19.1 Å². The van der Waals surface area contributed by atoms with Gasteiger partial charge in [0.25, 0.3) is 11.8 Å². The Morgan fingerprint density at radius 3 is 2.52 bits per heavy atom. The largest absolute Gasteiger partial charge is 0.446 e. The second kappa shape index (κ2) is 10.4. The van der Waals surface area contributed by atoms with Gasteiger partial charge in [-0.15, -0.1) is 0 Å². The number of methoxy groups -OCH3 is 2. The molecule has 0 saturated heterocycles. The molecule has 8 nitrogen and oxygen atoms in total. The summed E-state index contributed by atoms with van der Waals surface area (Å²) in [5, 5.41) is 2.67. The first-order valence-corrected chi connectivity index (χ1v) is 8.61. The van der Waals surface area contributed by atoms with E-state index in [-0.39, 0.29) is 29.9 Å². The predicted molar refractivity (Wildman–Crippen MR) is 98.5 cm³/mol. The molecule has 0 radical (unpaired) electrons. The number of aromatic nitrogens is 1. The molecule has 2 rings (SSSR count). The Hall–Kier alpha value is -2.71. The third-order valence-corrected chi connectivity index (χ3v) is 3.85. The van der Waals surface area contributed by atoms with Crippen LogP contribution in [0.3, 0.4) is 0 Å². The summed E-state index contributed by atoms with van der Waals surface area (Å²) >= 11 is 0. The number of carbonyl (C=O) groups excluding carboxylic acids is 2. The van der Waals surface area contributed by atoms with Crippen LogP contribution in [0.15, 0.2) is 34.9 Å². The summed E-state index contributed by atoms with van der Waals surface area (Å²) in [5.74, 6) is -0.227. The summed E-state index contributed by atoms with van der Waals surface area (Å²) in [7, 11) is 3.13. The lowest BCUT2D eigenvalue weighted by Gasteiger charge is -2.21. The highest BCUT2D eigenvalue weighted by molar-refractivity contribution is 5.94. The van der Waals surface area contributed by atoms with Gasteiger partial charge >= 0.3 is 0 Å². The first-order valence-electron chi connectivity index (χ1n) is 8.61. The van der Waals surface area contributed by atoms with E-state index in [1.54, 1.807) is 31.3 Å². The van der Waals surface area contributed by atoms with E-state index in [0.29, 0.717) is 31.9 Å². The lowest BCUT2D eigenvalue weighted by atomic mass is 10.1. The number of nitrogens with zero attached hydrogens (tertiary/aromatic N) is 2. The molecule has 0 fully saturated rings. The van der Waals surface area contributed by atoms with Crippen molar-refractivity contribution < 1.29 is 23.5 Å². The molecule has 1 heterocycles. The minimum absolute atomic E-state index is 0.140. The van der Waals surface area contributed by atoms with Crippen molar-refractivity contribution in [1.82, 2.24) is 15.2 Å². The van der Waals surface area contributed by atoms with Crippen molar-refractivity contribution in [3.63, 3.8) is 0 Å². The normalized spacial score (nSPS) is 10.6. The lowest BCUT2D eigenvalue weighted by molar-refractivity contribution is 0.0663. The van der Waals surface area contributed by atoms with E-state index in [0.717, 1.165) is 5.56 Å². The molecule has 1 N–H and O–H groups in total. The summed E-state index contributed by atoms with van der Waals surface area (Å²) in [5.41, 5.74) is 1.81. The van der Waals surface area contributed by atoms with Gasteiger partial charge in [0.2, 0.25) is 5.89 Å². The highest BCUT2D eigenvalue weighted by atomic mass is 16.5. The van der Waals surface area contributed by atoms with Crippen LogP contribution in [0.4, 0.5) is 0 Å². The zero-order valence-corrected chi connectivity index (χ0v) is 15.9. The third kappa shape index (κ3) is 6.19. The molecule has 0 spiro atoms. The van der Waals surface area contributed by atoms with Crippen molar-refractivity contribution in [2.24, 2.45) is 0 Å². The number of rotatable bonds is 10. The summed E-state index contributed by atoms with van der Waals surface area (Å²) in [6.07, 6.45) is 1.28. The highest BCUT2D eigenvalue weighted by Crippen LogP contribution is 2.12. The first kappa shape index (κ1) is 20.6. The first-order chi connectivity index (χ1) is 13.0. The average Bonchev–Trinajstić information content (AvgIpc) is 3.14. The van der Waals surface area contributed by atoms with Crippen LogP contribution < -0.4 is 5.32 Å². The van der Waals surface area contributed by atoms with E-state index in [4.69, 9.17) is 13.9 Å². The summed E-state index contributed by atoms with van der Waals surface area (Å²) < 4.78 is 15.3. The minimum atomic E-state index is -0.352. The Kier molecular flexibility index (Phi) is 7.97. The van der Waals surface area contributed by atoms with Crippen molar-refractivity contribution in [2.45, 2.75) is 13.5 Å². The molecule has 0 unspecified atom stereocenters. The van der Waals surface area contributed by atoms with Gasteiger partial charge in [0.1, 0.15) is 6.26 Å². The van der Waals surface area contributed by atoms with Crippen molar-refractivity contribution in [2.75, 3.05) is 40.5 Å². The average molecular weight is 375 g/mol. The number of oxazole rings is 1. The molecule has 0 bridgehead atoms. The number of benzene rings is 1. The van der Waals surface area contributed by atoms with Crippen LogP contribution in [0.1, 0.15) is 32.3 Å². The van der Waals surface area contributed by atoms with Gasteiger partial charge in [-0.25, -0.2) is 4.98 Å². The molecule has 0 aliphatic rings. The SMILES string of the molecule is COCCNC(=O)c1coc(CN(CCOC)C(=O)c2ccc(C)cc2)n1. The second-order valence-electron chi connectivity index (χ2n) is 5.96. The van der Waals surface area contributed by atoms with E-state index in [2.05, 4.69) is 10.3 Å². The van der Waals surface area contributed by atoms with Crippen molar-refractivity contribution in [1.29, 1.82) is 0 Å². The van der Waals surface area contributed by atoms with E-state index >= 15 is 0 Å². The molecule has 0 saturated carbocycles. The van der Waals surface area contributed by atoms with Crippen molar-refractivity contribution in [3.05, 3.63) is 53.2 Å². The van der Waals surface area contributed by atoms with Gasteiger partial charge in [0, 0.05) is 32.9 Å². The molecule has 146 valence electrons. The standard InChI is InChI=1S/C19H25N3O5/c1-14-4-6-15(7-5-14)19(24)22(9-11-26-3)12-17-21-16(13-27-17)18(23)20-8-10-25-2/h4-7,13H,8-12H2,1-3H3,(H,20,23). The fourth-order valence-electron chi connectivity index (χ4n) is 2.34. The van der Waals surface area contributed by atoms with Crippen LogP contribution in [0.2, 0.25) is 0 Å². The van der Waals surface area contributed by atoms with Crippen LogP contribution in [-0.2, 0) is 16.0 Å². The monoisotopic (exact) mass is 375 g/mol. The maximum absolute atomic E-state index is 12.8. The summed E-state index contributed by atoms with van der Waals surface area (Å²) in [6, 6.07) is 7.33. The number of nitrogens with one attached hydrogen (secondary N) is 1. The number of amides is 2. The van der Waals surface area contributed by atoms with Crippen LogP contribution in [0.25, 0.3) is 0 Å². The molecule has 1 aromatic carbocycles. The Morgan fingerprint density at radius 2 is 1.85 bits per heavy atom. The molecule has 0 aliphatic heterocycles. The lowest BCUT2D eigenvalue weighted by Crippen LogP contribution is -2.33. The molecule has 2 amide bonds. The van der Waals surface area contributed by atoms with Crippen LogP contribution in [-0.4, -0.2) is 62.2 Å². The summed E-state index contributed by atoms with van der Waals surface area (Å²) in [4.78, 5) is 30.5. The molecule has 8 heteroatoms. The van der Waals surface area contributed by atoms with Gasteiger partial charge in [-0.3, -0.25) is 9.59 Å². The Labute approximate surface area is 158 Å². The van der Waals surface area contributed by atoms with Crippen LogP contribution in [0.5, 0.6) is 0 Å². The third-order valence-electron chi connectivity index (χ3n) is 3.85. The molecule has 0 aliphatic carbocycles. The molecular formula is C19H25N3O5. The number of hydrogen-bond acceptors (Lipinski definition) is 6. The zero-order valence-electron chi connectivity index (χ0n) is 15.9. The Morgan fingerprint density at radius 1 is 1.15 bits per heavy atom. The van der Waals surface area contributed by atoms with Gasteiger partial charge in [-0.1, -0.05) is 17.7 Å². The van der Waals surface area contributed by atoms with Gasteiger partial charge in [0.05, 0.1) is 19.8 Å². The molecule has 2 aromatic rings.